The van der Waals surface area contributed by atoms with Gasteiger partial charge in [0.15, 0.2) is 0 Å². The minimum atomic E-state index is -2.50. The Balaban J connectivity index is 1.35. The molecule has 0 aliphatic carbocycles. The van der Waals surface area contributed by atoms with Gasteiger partial charge < -0.3 is 10.0 Å². The summed E-state index contributed by atoms with van der Waals surface area (Å²) in [5.41, 5.74) is 1.64. The average Bonchev–Trinajstić information content (AvgIpc) is 3.09. The van der Waals surface area contributed by atoms with E-state index in [4.69, 9.17) is 0 Å². The third-order valence-electron chi connectivity index (χ3n) is 6.21. The molecule has 0 saturated carbocycles. The van der Waals surface area contributed by atoms with Gasteiger partial charge in [0.05, 0.1) is 6.04 Å². The first-order chi connectivity index (χ1) is 14.4. The number of benzene rings is 2. The van der Waals surface area contributed by atoms with Gasteiger partial charge in [-0.15, -0.1) is 0 Å². The molecule has 2 heterocycles. The van der Waals surface area contributed by atoms with E-state index in [9.17, 15) is 23.1 Å². The number of phenolic OH excluding ortho intramolecular Hbond substituents is 1. The van der Waals surface area contributed by atoms with Gasteiger partial charge in [0, 0.05) is 31.1 Å². The third-order valence-corrected chi connectivity index (χ3v) is 6.21. The second kappa shape index (κ2) is 8.68. The van der Waals surface area contributed by atoms with Gasteiger partial charge in [-0.25, -0.2) is 13.2 Å². The van der Waals surface area contributed by atoms with Crippen LogP contribution >= 0.6 is 0 Å². The van der Waals surface area contributed by atoms with Crippen LogP contribution in [0, 0.1) is 0 Å². The number of amides is 1. The summed E-state index contributed by atoms with van der Waals surface area (Å²) in [4.78, 5) is 16.6. The molecule has 2 saturated heterocycles. The van der Waals surface area contributed by atoms with Crippen molar-refractivity contribution in [1.82, 2.24) is 9.80 Å². The van der Waals surface area contributed by atoms with Gasteiger partial charge in [-0.2, -0.15) is 0 Å². The molecule has 0 unspecified atom stereocenters. The topological polar surface area (TPSA) is 43.8 Å². The van der Waals surface area contributed by atoms with E-state index < -0.39 is 12.6 Å². The van der Waals surface area contributed by atoms with E-state index in [0.29, 0.717) is 32.5 Å². The molecule has 0 radical (unpaired) electrons. The molecule has 2 aromatic rings. The zero-order valence-corrected chi connectivity index (χ0v) is 16.6. The molecule has 0 bridgehead atoms. The van der Waals surface area contributed by atoms with Crippen LogP contribution in [0.1, 0.15) is 41.9 Å². The molecule has 3 atom stereocenters. The van der Waals surface area contributed by atoms with E-state index in [0.717, 1.165) is 11.1 Å². The summed E-state index contributed by atoms with van der Waals surface area (Å²) < 4.78 is 40.3. The molecule has 2 aliphatic rings. The second-order valence-corrected chi connectivity index (χ2v) is 8.10. The van der Waals surface area contributed by atoms with Crippen molar-refractivity contribution in [3.63, 3.8) is 0 Å². The number of alkyl halides is 3. The Bertz CT molecular complexity index is 873. The van der Waals surface area contributed by atoms with Crippen molar-refractivity contribution in [1.29, 1.82) is 0 Å². The molecule has 0 spiro atoms. The summed E-state index contributed by atoms with van der Waals surface area (Å²) >= 11 is 0. The first-order valence-corrected chi connectivity index (χ1v) is 10.2. The van der Waals surface area contributed by atoms with E-state index in [1.54, 1.807) is 41.3 Å². The van der Waals surface area contributed by atoms with E-state index in [2.05, 4.69) is 0 Å². The van der Waals surface area contributed by atoms with Crippen molar-refractivity contribution < 1.29 is 23.1 Å². The molecule has 4 rings (SSSR count). The SMILES string of the molecule is O=C1[C@H](N2CC[C@@H](c3ccc(O)cc3)[C@H](F)C2)CCN1Cc1ccc(C(F)F)cc1. The molecule has 1 N–H and O–H groups in total. The predicted molar refractivity (Wildman–Crippen MR) is 107 cm³/mol. The highest BCUT2D eigenvalue weighted by atomic mass is 19.3. The molecular weight excluding hydrogens is 393 g/mol. The minimum absolute atomic E-state index is 0.0248. The van der Waals surface area contributed by atoms with Crippen molar-refractivity contribution >= 4 is 5.91 Å². The Hall–Kier alpha value is -2.54. The predicted octanol–water partition coefficient (Wildman–Crippen LogP) is 4.26. The number of rotatable bonds is 5. The van der Waals surface area contributed by atoms with Crippen LogP contribution in [-0.4, -0.2) is 52.7 Å². The summed E-state index contributed by atoms with van der Waals surface area (Å²) in [6.45, 7) is 1.80. The van der Waals surface area contributed by atoms with Crippen LogP contribution in [0.15, 0.2) is 48.5 Å². The summed E-state index contributed by atoms with van der Waals surface area (Å²) in [6.07, 6.45) is -2.32. The zero-order valence-electron chi connectivity index (χ0n) is 16.6. The highest BCUT2D eigenvalue weighted by molar-refractivity contribution is 5.84. The van der Waals surface area contributed by atoms with Gasteiger partial charge in [-0.1, -0.05) is 36.4 Å². The lowest BCUT2D eigenvalue weighted by atomic mass is 9.87. The van der Waals surface area contributed by atoms with Gasteiger partial charge in [0.2, 0.25) is 5.91 Å². The fourth-order valence-electron chi connectivity index (χ4n) is 4.52. The first kappa shape index (κ1) is 20.7. The van der Waals surface area contributed by atoms with Gasteiger partial charge in [-0.05, 0) is 42.6 Å². The second-order valence-electron chi connectivity index (χ2n) is 8.10. The smallest absolute Gasteiger partial charge is 0.263 e. The highest BCUT2D eigenvalue weighted by Crippen LogP contribution is 2.33. The number of hydrogen-bond acceptors (Lipinski definition) is 3. The molecular formula is C23H25F3N2O2. The Labute approximate surface area is 173 Å². The maximum atomic E-state index is 14.9. The number of aromatic hydroxyl groups is 1. The summed E-state index contributed by atoms with van der Waals surface area (Å²) in [5, 5.41) is 9.43. The summed E-state index contributed by atoms with van der Waals surface area (Å²) in [6, 6.07) is 12.4. The van der Waals surface area contributed by atoms with Crippen LogP contribution in [0.25, 0.3) is 0 Å². The molecule has 2 aliphatic heterocycles. The highest BCUT2D eigenvalue weighted by Gasteiger charge is 2.40. The quantitative estimate of drug-likeness (QED) is 0.789. The molecule has 0 aromatic heterocycles. The Kier molecular flexibility index (Phi) is 5.99. The van der Waals surface area contributed by atoms with Crippen molar-refractivity contribution in [3.8, 4) is 5.75 Å². The van der Waals surface area contributed by atoms with Gasteiger partial charge in [-0.3, -0.25) is 9.69 Å². The molecule has 1 amide bonds. The van der Waals surface area contributed by atoms with Crippen LogP contribution in [0.2, 0.25) is 0 Å². The van der Waals surface area contributed by atoms with E-state index >= 15 is 0 Å². The van der Waals surface area contributed by atoms with Crippen molar-refractivity contribution in [2.24, 2.45) is 0 Å². The first-order valence-electron chi connectivity index (χ1n) is 10.2. The molecule has 2 aromatic carbocycles. The number of nitrogens with zero attached hydrogens (tertiary/aromatic N) is 2. The Morgan fingerprint density at radius 3 is 2.33 bits per heavy atom. The van der Waals surface area contributed by atoms with E-state index in [-0.39, 0.29) is 35.7 Å². The number of likely N-dealkylation sites (tertiary alicyclic amines) is 2. The molecule has 7 heteroatoms. The third kappa shape index (κ3) is 4.31. The number of hydrogen-bond donors (Lipinski definition) is 1. The monoisotopic (exact) mass is 418 g/mol. The van der Waals surface area contributed by atoms with Crippen LogP contribution < -0.4 is 0 Å². The van der Waals surface area contributed by atoms with Crippen LogP contribution in [0.3, 0.4) is 0 Å². The number of piperidine rings is 1. The Morgan fingerprint density at radius 2 is 1.70 bits per heavy atom. The van der Waals surface area contributed by atoms with Crippen LogP contribution in [0.5, 0.6) is 5.75 Å². The molecule has 2 fully saturated rings. The number of halogens is 3. The largest absolute Gasteiger partial charge is 0.508 e. The lowest BCUT2D eigenvalue weighted by Gasteiger charge is -2.37. The number of carbonyl (C=O) groups is 1. The van der Waals surface area contributed by atoms with E-state index in [1.807, 2.05) is 4.90 Å². The summed E-state index contributed by atoms with van der Waals surface area (Å²) in [5.74, 6) is -0.0990. The van der Waals surface area contributed by atoms with Gasteiger partial charge >= 0.3 is 0 Å². The van der Waals surface area contributed by atoms with Crippen LogP contribution in [-0.2, 0) is 11.3 Å². The maximum absolute atomic E-state index is 14.9. The van der Waals surface area contributed by atoms with Crippen molar-refractivity contribution in [2.75, 3.05) is 19.6 Å². The summed E-state index contributed by atoms with van der Waals surface area (Å²) in [7, 11) is 0. The number of carbonyl (C=O) groups excluding carboxylic acids is 1. The van der Waals surface area contributed by atoms with Gasteiger partial charge in [0.1, 0.15) is 11.9 Å². The Morgan fingerprint density at radius 1 is 1.00 bits per heavy atom. The number of phenols is 1. The lowest BCUT2D eigenvalue weighted by Crippen LogP contribution is -2.49. The van der Waals surface area contributed by atoms with Crippen molar-refractivity contribution in [2.45, 2.75) is 43.9 Å². The molecule has 30 heavy (non-hydrogen) atoms. The minimum Gasteiger partial charge on any atom is -0.508 e. The standard InChI is InChI=1S/C23H25F3N2O2/c24-20-14-27(11-9-19(20)16-5-7-18(29)8-6-16)21-10-12-28(23(21)30)13-15-1-3-17(4-2-15)22(25)26/h1-8,19-22,29H,9-14H2/t19-,20+,21+/m0/s1. The zero-order chi connectivity index (χ0) is 21.3. The lowest BCUT2D eigenvalue weighted by molar-refractivity contribution is -0.133. The normalized spacial score (nSPS) is 25.3. The van der Waals surface area contributed by atoms with Crippen LogP contribution in [0.4, 0.5) is 13.2 Å². The maximum Gasteiger partial charge on any atom is 0.263 e. The fraction of sp³-hybridized carbons (Fsp3) is 0.435. The van der Waals surface area contributed by atoms with Gasteiger partial charge in [0.25, 0.3) is 6.43 Å². The van der Waals surface area contributed by atoms with E-state index in [1.165, 1.54) is 12.1 Å². The van der Waals surface area contributed by atoms with Crippen molar-refractivity contribution in [3.05, 3.63) is 65.2 Å². The molecule has 160 valence electrons. The average molecular weight is 418 g/mol. The molecule has 4 nitrogen and oxygen atoms in total. The fourth-order valence-corrected chi connectivity index (χ4v) is 4.52.